The maximum absolute atomic E-state index is 13.0. The number of hydrogen-bond donors (Lipinski definition) is 10. The molecule has 15 heteroatoms. The van der Waals surface area contributed by atoms with Crippen LogP contribution in [0, 0.1) is 5.92 Å². The number of carbonyl (C=O) groups is 5. The van der Waals surface area contributed by atoms with Gasteiger partial charge in [0.2, 0.25) is 17.7 Å². The molecule has 1 aromatic rings. The summed E-state index contributed by atoms with van der Waals surface area (Å²) < 4.78 is 0. The Labute approximate surface area is 237 Å². The van der Waals surface area contributed by atoms with Crippen LogP contribution in [0.15, 0.2) is 30.3 Å². The highest BCUT2D eigenvalue weighted by molar-refractivity contribution is 5.90. The number of amides is 4. The Bertz CT molecular complexity index is 1030. The molecule has 1 aromatic carbocycles. The van der Waals surface area contributed by atoms with Crippen molar-refractivity contribution in [3.05, 3.63) is 35.9 Å². The number of carbonyl (C=O) groups excluding carboxylic acids is 4. The van der Waals surface area contributed by atoms with Crippen molar-refractivity contribution >= 4 is 29.6 Å². The van der Waals surface area contributed by atoms with Gasteiger partial charge in [-0.3, -0.25) is 24.0 Å². The van der Waals surface area contributed by atoms with Crippen LogP contribution >= 0.6 is 0 Å². The molecule has 41 heavy (non-hydrogen) atoms. The summed E-state index contributed by atoms with van der Waals surface area (Å²) in [5, 5.41) is 59.9. The lowest BCUT2D eigenvalue weighted by Crippen LogP contribution is -2.60. The third-order valence-corrected chi connectivity index (χ3v) is 6.02. The minimum absolute atomic E-state index is 0.102. The van der Waals surface area contributed by atoms with Gasteiger partial charge in [-0.25, -0.2) is 0 Å². The topological polar surface area (TPSA) is 261 Å². The molecule has 0 heterocycles. The Balaban J connectivity index is 2.93. The molecule has 4 amide bonds. The zero-order valence-electron chi connectivity index (χ0n) is 23.2. The van der Waals surface area contributed by atoms with E-state index in [4.69, 9.17) is 5.73 Å². The zero-order valence-corrected chi connectivity index (χ0v) is 23.2. The molecule has 0 aliphatic heterocycles. The van der Waals surface area contributed by atoms with Crippen molar-refractivity contribution < 1.29 is 49.5 Å². The first-order valence-corrected chi connectivity index (χ1v) is 13.0. The molecule has 0 unspecified atom stereocenters. The number of aliphatic carboxylic acids is 1. The highest BCUT2D eigenvalue weighted by atomic mass is 16.4. The maximum atomic E-state index is 13.0. The molecular formula is C26H41N5O10. The Kier molecular flexibility index (Phi) is 14.9. The fourth-order valence-corrected chi connectivity index (χ4v) is 3.80. The first-order valence-electron chi connectivity index (χ1n) is 13.0. The summed E-state index contributed by atoms with van der Waals surface area (Å²) >= 11 is 0. The van der Waals surface area contributed by atoms with E-state index in [9.17, 15) is 49.5 Å². The van der Waals surface area contributed by atoms with Crippen LogP contribution in [0.4, 0.5) is 0 Å². The lowest BCUT2D eigenvalue weighted by molar-refractivity contribution is -0.145. The van der Waals surface area contributed by atoms with Gasteiger partial charge in [0.05, 0.1) is 25.1 Å². The van der Waals surface area contributed by atoms with E-state index in [1.165, 1.54) is 6.92 Å². The molecule has 0 fully saturated rings. The van der Waals surface area contributed by atoms with Crippen molar-refractivity contribution in [2.45, 2.75) is 76.1 Å². The van der Waals surface area contributed by atoms with E-state index in [2.05, 4.69) is 21.3 Å². The number of aliphatic hydroxyl groups is 4. The van der Waals surface area contributed by atoms with E-state index >= 15 is 0 Å². The second-order valence-electron chi connectivity index (χ2n) is 10.0. The van der Waals surface area contributed by atoms with Crippen LogP contribution < -0.4 is 27.0 Å². The highest BCUT2D eigenvalue weighted by Gasteiger charge is 2.37. The van der Waals surface area contributed by atoms with Crippen LogP contribution in [0.5, 0.6) is 0 Å². The van der Waals surface area contributed by atoms with Crippen LogP contribution in [0.3, 0.4) is 0 Å². The van der Waals surface area contributed by atoms with Crippen molar-refractivity contribution in [2.75, 3.05) is 13.2 Å². The van der Waals surface area contributed by atoms with Crippen molar-refractivity contribution in [1.29, 1.82) is 0 Å². The summed E-state index contributed by atoms with van der Waals surface area (Å²) in [7, 11) is 0. The van der Waals surface area contributed by atoms with Crippen LogP contribution in [-0.4, -0.2) is 105 Å². The van der Waals surface area contributed by atoms with E-state index in [-0.39, 0.29) is 18.9 Å². The number of hydrogen-bond acceptors (Lipinski definition) is 10. The van der Waals surface area contributed by atoms with Gasteiger partial charge in [-0.1, -0.05) is 44.2 Å². The fraction of sp³-hybridized carbons (Fsp3) is 0.577. The molecule has 11 N–H and O–H groups in total. The van der Waals surface area contributed by atoms with Gasteiger partial charge >= 0.3 is 5.97 Å². The second kappa shape index (κ2) is 17.2. The summed E-state index contributed by atoms with van der Waals surface area (Å²) in [5.74, 6) is -4.55. The number of aliphatic hydroxyl groups excluding tert-OH is 4. The van der Waals surface area contributed by atoms with Gasteiger partial charge in [0, 0.05) is 13.5 Å². The molecule has 0 aliphatic carbocycles. The van der Waals surface area contributed by atoms with Crippen LogP contribution in [0.1, 0.15) is 45.2 Å². The molecule has 7 atom stereocenters. The predicted octanol–water partition coefficient (Wildman–Crippen LogP) is -3.13. The number of rotatable bonds is 17. The summed E-state index contributed by atoms with van der Waals surface area (Å²) in [4.78, 5) is 60.4. The summed E-state index contributed by atoms with van der Waals surface area (Å²) in [6, 6.07) is 3.03. The Morgan fingerprint density at radius 2 is 1.49 bits per heavy atom. The quantitative estimate of drug-likeness (QED) is 0.0876. The molecule has 0 aliphatic rings. The van der Waals surface area contributed by atoms with Gasteiger partial charge < -0.3 is 52.5 Å². The zero-order chi connectivity index (χ0) is 31.3. The van der Waals surface area contributed by atoms with Crippen LogP contribution in [-0.2, 0) is 24.0 Å². The first kappa shape index (κ1) is 35.4. The molecule has 0 radical (unpaired) electrons. The lowest BCUT2D eigenvalue weighted by Gasteiger charge is -2.31. The molecule has 0 saturated heterocycles. The van der Waals surface area contributed by atoms with E-state index in [0.717, 1.165) is 0 Å². The molecule has 0 aromatic heterocycles. The van der Waals surface area contributed by atoms with Gasteiger partial charge in [-0.15, -0.1) is 0 Å². The number of nitrogens with two attached hydrogens (primary N) is 1. The third-order valence-electron chi connectivity index (χ3n) is 6.02. The van der Waals surface area contributed by atoms with E-state index in [1.54, 1.807) is 44.2 Å². The molecule has 0 bridgehead atoms. The maximum Gasteiger partial charge on any atom is 0.305 e. The molecule has 0 saturated carbocycles. The van der Waals surface area contributed by atoms with Gasteiger partial charge in [0.15, 0.2) is 6.10 Å². The van der Waals surface area contributed by atoms with Crippen LogP contribution in [0.25, 0.3) is 0 Å². The lowest BCUT2D eigenvalue weighted by atomic mass is 9.98. The monoisotopic (exact) mass is 583 g/mol. The van der Waals surface area contributed by atoms with E-state index in [1.807, 2.05) is 0 Å². The molecule has 1 rings (SSSR count). The van der Waals surface area contributed by atoms with Crippen molar-refractivity contribution in [1.82, 2.24) is 21.3 Å². The number of nitrogens with one attached hydrogen (secondary N) is 4. The smallest absolute Gasteiger partial charge is 0.305 e. The van der Waals surface area contributed by atoms with E-state index < -0.39 is 85.1 Å². The summed E-state index contributed by atoms with van der Waals surface area (Å²) in [5.41, 5.74) is 6.17. The van der Waals surface area contributed by atoms with E-state index in [0.29, 0.717) is 5.56 Å². The normalized spacial score (nSPS) is 16.3. The van der Waals surface area contributed by atoms with Crippen molar-refractivity contribution in [3.8, 4) is 0 Å². The average Bonchev–Trinajstić information content (AvgIpc) is 2.92. The summed E-state index contributed by atoms with van der Waals surface area (Å²) in [6.07, 6.45) is -6.95. The molecule has 230 valence electrons. The minimum atomic E-state index is -2.27. The Hall–Kier alpha value is -3.63. The van der Waals surface area contributed by atoms with Crippen molar-refractivity contribution in [3.63, 3.8) is 0 Å². The number of carboxylic acid groups (broad SMARTS) is 1. The molecule has 0 spiro atoms. The van der Waals surface area contributed by atoms with Crippen LogP contribution in [0.2, 0.25) is 0 Å². The van der Waals surface area contributed by atoms with Gasteiger partial charge in [-0.05, 0) is 17.9 Å². The average molecular weight is 584 g/mol. The SMILES string of the molecule is CC(=O)NC[C@H](N)C(=O)N[C@@H](CC(C)C)C(=O)N[C@@H](CO)[C@@H](O)[C@@H](O)[C@H](O)C(=O)N[C@@H](CC(=O)O)c1ccccc1. The van der Waals surface area contributed by atoms with Gasteiger partial charge in [0.25, 0.3) is 5.91 Å². The largest absolute Gasteiger partial charge is 0.481 e. The highest BCUT2D eigenvalue weighted by Crippen LogP contribution is 2.17. The third kappa shape index (κ3) is 12.2. The summed E-state index contributed by atoms with van der Waals surface area (Å²) in [6.45, 7) is 3.68. The number of benzene rings is 1. The van der Waals surface area contributed by atoms with Gasteiger partial charge in [-0.2, -0.15) is 0 Å². The Morgan fingerprint density at radius 3 is 2.00 bits per heavy atom. The molecule has 15 nitrogen and oxygen atoms in total. The Morgan fingerprint density at radius 1 is 0.878 bits per heavy atom. The minimum Gasteiger partial charge on any atom is -0.481 e. The van der Waals surface area contributed by atoms with Gasteiger partial charge in [0.1, 0.15) is 24.3 Å². The van der Waals surface area contributed by atoms with Crippen molar-refractivity contribution in [2.24, 2.45) is 11.7 Å². The first-order chi connectivity index (χ1) is 19.2. The second-order valence-corrected chi connectivity index (χ2v) is 10.0. The number of carboxylic acids is 1. The standard InChI is InChI=1S/C26H41N5O10/c1-13(2)9-18(30-24(39)16(27)11-28-14(3)33)25(40)31-19(12-32)21(36)22(37)23(38)26(41)29-17(10-20(34)35)15-7-5-4-6-8-15/h4-8,13,16-19,21-23,32,36-38H,9-12,27H2,1-3H3,(H,28,33)(H,29,41)(H,30,39)(H,31,40)(H,34,35)/t16-,17-,18-,19-,21+,22+,23-/m0/s1. The molecular weight excluding hydrogens is 542 g/mol. The predicted molar refractivity (Wildman–Crippen MR) is 145 cm³/mol. The fourth-order valence-electron chi connectivity index (χ4n) is 3.80.